The molecule has 0 bridgehead atoms. The van der Waals surface area contributed by atoms with Gasteiger partial charge in [-0.2, -0.15) is 0 Å². The first-order chi connectivity index (χ1) is 6.50. The van der Waals surface area contributed by atoms with Crippen LogP contribution in [-0.2, 0) is 0 Å². The molecule has 0 aliphatic carbocycles. The standard InChI is InChI=1S/C11H18N2O/c1-7-6-10(14)4-5-11(7)13-9(3)8(2)12/h4-6,8-9,13-14H,12H2,1-3H3/t8-,9?/m1/s1. The Bertz CT molecular complexity index is 310. The molecule has 1 rings (SSSR count). The quantitative estimate of drug-likeness (QED) is 0.643. The summed E-state index contributed by atoms with van der Waals surface area (Å²) >= 11 is 0. The average Bonchev–Trinajstić information content (AvgIpc) is 2.09. The molecule has 0 aromatic heterocycles. The maximum atomic E-state index is 9.23. The molecule has 0 spiro atoms. The number of nitrogens with two attached hydrogens (primary N) is 1. The van der Waals surface area contributed by atoms with Crippen molar-refractivity contribution in [3.8, 4) is 5.75 Å². The van der Waals surface area contributed by atoms with Crippen molar-refractivity contribution in [3.63, 3.8) is 0 Å². The summed E-state index contributed by atoms with van der Waals surface area (Å²) < 4.78 is 0. The third kappa shape index (κ3) is 2.64. The minimum atomic E-state index is 0.100. The van der Waals surface area contributed by atoms with Crippen molar-refractivity contribution in [2.45, 2.75) is 32.9 Å². The predicted octanol–water partition coefficient (Wildman–Crippen LogP) is 1.85. The number of phenolic OH excluding ortho intramolecular Hbond substituents is 1. The van der Waals surface area contributed by atoms with Crippen molar-refractivity contribution in [1.29, 1.82) is 0 Å². The van der Waals surface area contributed by atoms with Gasteiger partial charge in [-0.3, -0.25) is 0 Å². The summed E-state index contributed by atoms with van der Waals surface area (Å²) in [5.41, 5.74) is 7.80. The number of rotatable bonds is 3. The first-order valence-corrected chi connectivity index (χ1v) is 4.82. The molecule has 1 unspecified atom stereocenters. The molecule has 78 valence electrons. The van der Waals surface area contributed by atoms with E-state index in [-0.39, 0.29) is 12.1 Å². The molecule has 0 fully saturated rings. The molecule has 0 saturated heterocycles. The van der Waals surface area contributed by atoms with Crippen LogP contribution in [-0.4, -0.2) is 17.2 Å². The van der Waals surface area contributed by atoms with Gasteiger partial charge >= 0.3 is 0 Å². The van der Waals surface area contributed by atoms with E-state index in [0.29, 0.717) is 5.75 Å². The van der Waals surface area contributed by atoms with E-state index in [0.717, 1.165) is 11.3 Å². The van der Waals surface area contributed by atoms with Gasteiger partial charge in [0.05, 0.1) is 0 Å². The Kier molecular flexibility index (Phi) is 3.36. The monoisotopic (exact) mass is 194 g/mol. The van der Waals surface area contributed by atoms with Crippen molar-refractivity contribution in [3.05, 3.63) is 23.8 Å². The predicted molar refractivity (Wildman–Crippen MR) is 59.6 cm³/mol. The van der Waals surface area contributed by atoms with Gasteiger partial charge in [0.1, 0.15) is 5.75 Å². The Hall–Kier alpha value is -1.22. The van der Waals surface area contributed by atoms with Crippen LogP contribution >= 0.6 is 0 Å². The number of aromatic hydroxyl groups is 1. The van der Waals surface area contributed by atoms with E-state index in [1.54, 1.807) is 12.1 Å². The van der Waals surface area contributed by atoms with Gasteiger partial charge in [-0.1, -0.05) is 0 Å². The van der Waals surface area contributed by atoms with Gasteiger partial charge < -0.3 is 16.2 Å². The molecule has 0 aliphatic rings. The second kappa shape index (κ2) is 4.33. The lowest BCUT2D eigenvalue weighted by molar-refractivity contribution is 0.475. The number of phenols is 1. The maximum Gasteiger partial charge on any atom is 0.115 e. The molecule has 2 atom stereocenters. The fourth-order valence-electron chi connectivity index (χ4n) is 1.19. The van der Waals surface area contributed by atoms with Gasteiger partial charge in [-0.25, -0.2) is 0 Å². The molecule has 0 heterocycles. The zero-order chi connectivity index (χ0) is 10.7. The average molecular weight is 194 g/mol. The molecular weight excluding hydrogens is 176 g/mol. The Morgan fingerprint density at radius 2 is 2.00 bits per heavy atom. The van der Waals surface area contributed by atoms with E-state index in [4.69, 9.17) is 5.73 Å². The van der Waals surface area contributed by atoms with Crippen molar-refractivity contribution in [2.75, 3.05) is 5.32 Å². The van der Waals surface area contributed by atoms with Crippen LogP contribution < -0.4 is 11.1 Å². The van der Waals surface area contributed by atoms with Gasteiger partial charge in [0.15, 0.2) is 0 Å². The van der Waals surface area contributed by atoms with Gasteiger partial charge in [0, 0.05) is 17.8 Å². The molecule has 14 heavy (non-hydrogen) atoms. The van der Waals surface area contributed by atoms with Gasteiger partial charge in [-0.15, -0.1) is 0 Å². The lowest BCUT2D eigenvalue weighted by Crippen LogP contribution is -2.35. The molecule has 0 amide bonds. The summed E-state index contributed by atoms with van der Waals surface area (Å²) in [5.74, 6) is 0.293. The zero-order valence-electron chi connectivity index (χ0n) is 8.91. The molecule has 0 aliphatic heterocycles. The largest absolute Gasteiger partial charge is 0.508 e. The number of nitrogens with one attached hydrogen (secondary N) is 1. The third-order valence-electron chi connectivity index (χ3n) is 2.38. The number of aryl methyl sites for hydroxylation is 1. The van der Waals surface area contributed by atoms with E-state index >= 15 is 0 Å². The molecule has 0 saturated carbocycles. The maximum absolute atomic E-state index is 9.23. The van der Waals surface area contributed by atoms with Crippen molar-refractivity contribution < 1.29 is 5.11 Å². The Morgan fingerprint density at radius 1 is 1.36 bits per heavy atom. The van der Waals surface area contributed by atoms with Crippen LogP contribution in [0.5, 0.6) is 5.75 Å². The Labute approximate surface area is 84.9 Å². The molecule has 1 aromatic carbocycles. The van der Waals surface area contributed by atoms with E-state index in [1.165, 1.54) is 0 Å². The molecule has 1 aromatic rings. The van der Waals surface area contributed by atoms with Crippen LogP contribution in [0.3, 0.4) is 0 Å². The summed E-state index contributed by atoms with van der Waals surface area (Å²) in [6.45, 7) is 5.96. The van der Waals surface area contributed by atoms with Gasteiger partial charge in [-0.05, 0) is 44.5 Å². The summed E-state index contributed by atoms with van der Waals surface area (Å²) in [6, 6.07) is 5.59. The van der Waals surface area contributed by atoms with Crippen LogP contribution in [0.2, 0.25) is 0 Å². The topological polar surface area (TPSA) is 58.3 Å². The highest BCUT2D eigenvalue weighted by Gasteiger charge is 2.08. The third-order valence-corrected chi connectivity index (χ3v) is 2.38. The molecule has 4 N–H and O–H groups in total. The lowest BCUT2D eigenvalue weighted by Gasteiger charge is -2.20. The summed E-state index contributed by atoms with van der Waals surface area (Å²) in [5, 5.41) is 12.5. The second-order valence-electron chi connectivity index (χ2n) is 3.79. The second-order valence-corrected chi connectivity index (χ2v) is 3.79. The summed E-state index contributed by atoms with van der Waals surface area (Å²) in [7, 11) is 0. The Balaban J connectivity index is 2.77. The van der Waals surface area contributed by atoms with E-state index in [9.17, 15) is 5.11 Å². The van der Waals surface area contributed by atoms with E-state index < -0.39 is 0 Å². The minimum Gasteiger partial charge on any atom is -0.508 e. The number of anilines is 1. The van der Waals surface area contributed by atoms with Crippen molar-refractivity contribution in [1.82, 2.24) is 0 Å². The smallest absolute Gasteiger partial charge is 0.115 e. The van der Waals surface area contributed by atoms with Gasteiger partial charge in [0.25, 0.3) is 0 Å². The summed E-state index contributed by atoms with van der Waals surface area (Å²) in [6.07, 6.45) is 0. The van der Waals surface area contributed by atoms with Crippen molar-refractivity contribution >= 4 is 5.69 Å². The molecule has 3 heteroatoms. The molecule has 0 radical (unpaired) electrons. The fraction of sp³-hybridized carbons (Fsp3) is 0.455. The van der Waals surface area contributed by atoms with Crippen LogP contribution in [0.1, 0.15) is 19.4 Å². The first kappa shape index (κ1) is 10.9. The fourth-order valence-corrected chi connectivity index (χ4v) is 1.19. The Morgan fingerprint density at radius 3 is 2.50 bits per heavy atom. The van der Waals surface area contributed by atoms with Crippen LogP contribution in [0.4, 0.5) is 5.69 Å². The highest BCUT2D eigenvalue weighted by atomic mass is 16.3. The molecule has 3 nitrogen and oxygen atoms in total. The van der Waals surface area contributed by atoms with Crippen LogP contribution in [0.25, 0.3) is 0 Å². The number of hydrogen-bond acceptors (Lipinski definition) is 3. The summed E-state index contributed by atoms with van der Waals surface area (Å²) in [4.78, 5) is 0. The van der Waals surface area contributed by atoms with Crippen molar-refractivity contribution in [2.24, 2.45) is 5.73 Å². The highest BCUT2D eigenvalue weighted by molar-refractivity contribution is 5.53. The normalized spacial score (nSPS) is 14.9. The highest BCUT2D eigenvalue weighted by Crippen LogP contribution is 2.20. The number of hydrogen-bond donors (Lipinski definition) is 3. The zero-order valence-corrected chi connectivity index (χ0v) is 8.91. The molecular formula is C11H18N2O. The minimum absolute atomic E-state index is 0.100. The van der Waals surface area contributed by atoms with Gasteiger partial charge in [0.2, 0.25) is 0 Å². The van der Waals surface area contributed by atoms with Crippen LogP contribution in [0, 0.1) is 6.92 Å². The van der Waals surface area contributed by atoms with E-state index in [1.807, 2.05) is 26.8 Å². The first-order valence-electron chi connectivity index (χ1n) is 4.82. The number of benzene rings is 1. The van der Waals surface area contributed by atoms with E-state index in [2.05, 4.69) is 5.32 Å². The lowest BCUT2D eigenvalue weighted by atomic mass is 10.1. The SMILES string of the molecule is Cc1cc(O)ccc1NC(C)[C@@H](C)N. The van der Waals surface area contributed by atoms with Crippen LogP contribution in [0.15, 0.2) is 18.2 Å².